The molecule has 1 heterocycles. The van der Waals surface area contributed by atoms with E-state index in [-0.39, 0.29) is 12.2 Å². The quantitative estimate of drug-likeness (QED) is 0.468. The minimum atomic E-state index is -0.959. The van der Waals surface area contributed by atoms with Crippen LogP contribution in [0.1, 0.15) is 5.56 Å². The summed E-state index contributed by atoms with van der Waals surface area (Å²) in [6.45, 7) is 0. The summed E-state index contributed by atoms with van der Waals surface area (Å²) in [6, 6.07) is 7.22. The fourth-order valence-electron chi connectivity index (χ4n) is 1.65. The van der Waals surface area contributed by atoms with E-state index in [1.54, 1.807) is 18.2 Å². The summed E-state index contributed by atoms with van der Waals surface area (Å²) in [5, 5.41) is 13.0. The van der Waals surface area contributed by atoms with Gasteiger partial charge >= 0.3 is 5.97 Å². The average Bonchev–Trinajstić information content (AvgIpc) is 2.57. The third-order valence-corrected chi connectivity index (χ3v) is 2.26. The van der Waals surface area contributed by atoms with E-state index in [0.717, 1.165) is 10.9 Å². The van der Waals surface area contributed by atoms with E-state index in [1.807, 2.05) is 6.07 Å². The lowest BCUT2D eigenvalue weighted by molar-refractivity contribution is -0.136. The van der Waals surface area contributed by atoms with Crippen LogP contribution in [0.4, 0.5) is 5.82 Å². The first-order valence-electron chi connectivity index (χ1n) is 4.59. The van der Waals surface area contributed by atoms with Crippen molar-refractivity contribution < 1.29 is 9.90 Å². The van der Waals surface area contributed by atoms with Crippen LogP contribution < -0.4 is 0 Å². The minimum absolute atomic E-state index is 0.168. The second kappa shape index (κ2) is 3.96. The van der Waals surface area contributed by atoms with Crippen LogP contribution in [0.2, 0.25) is 0 Å². The number of para-hydroxylation sites is 1. The van der Waals surface area contributed by atoms with E-state index in [0.29, 0.717) is 5.56 Å². The first-order chi connectivity index (χ1) is 7.72. The van der Waals surface area contributed by atoms with Gasteiger partial charge in [0, 0.05) is 15.8 Å². The highest BCUT2D eigenvalue weighted by atomic mass is 16.4. The molecule has 0 unspecified atom stereocenters. The number of aliphatic carboxylic acids is 1. The van der Waals surface area contributed by atoms with Crippen molar-refractivity contribution in [3.05, 3.63) is 40.3 Å². The second-order valence-electron chi connectivity index (χ2n) is 3.26. The molecule has 0 aliphatic rings. The van der Waals surface area contributed by atoms with Crippen LogP contribution in [-0.2, 0) is 11.2 Å². The van der Waals surface area contributed by atoms with Crippen molar-refractivity contribution in [3.63, 3.8) is 0 Å². The number of carboxylic acids is 1. The zero-order chi connectivity index (χ0) is 11.5. The lowest BCUT2D eigenvalue weighted by atomic mass is 10.1. The maximum atomic E-state index is 10.7. The lowest BCUT2D eigenvalue weighted by Gasteiger charge is -1.95. The molecule has 0 fully saturated rings. The van der Waals surface area contributed by atoms with E-state index in [9.17, 15) is 4.79 Å². The summed E-state index contributed by atoms with van der Waals surface area (Å²) in [6.07, 6.45) is -0.168. The molecule has 0 aliphatic carbocycles. The molecule has 16 heavy (non-hydrogen) atoms. The molecule has 0 saturated heterocycles. The molecule has 0 spiro atoms. The zero-order valence-corrected chi connectivity index (χ0v) is 8.21. The molecule has 0 saturated carbocycles. The number of carboxylic acid groups (broad SMARTS) is 1. The van der Waals surface area contributed by atoms with Gasteiger partial charge in [-0.25, -0.2) is 0 Å². The Morgan fingerprint density at radius 3 is 2.94 bits per heavy atom. The summed E-state index contributed by atoms with van der Waals surface area (Å²) in [4.78, 5) is 16.3. The average molecular weight is 216 g/mol. The summed E-state index contributed by atoms with van der Waals surface area (Å²) in [7, 11) is 0. The molecule has 0 bridgehead atoms. The van der Waals surface area contributed by atoms with Gasteiger partial charge < -0.3 is 10.1 Å². The molecule has 0 amide bonds. The van der Waals surface area contributed by atoms with Crippen LogP contribution >= 0.6 is 0 Å². The molecule has 2 aromatic rings. The van der Waals surface area contributed by atoms with Crippen LogP contribution in [0.25, 0.3) is 21.3 Å². The van der Waals surface area contributed by atoms with Crippen molar-refractivity contribution in [1.29, 1.82) is 0 Å². The zero-order valence-electron chi connectivity index (χ0n) is 8.21. The normalized spacial score (nSPS) is 10.0. The minimum Gasteiger partial charge on any atom is -0.481 e. The summed E-state index contributed by atoms with van der Waals surface area (Å²) in [5.74, 6) is -0.690. The van der Waals surface area contributed by atoms with E-state index in [2.05, 4.69) is 15.0 Å². The summed E-state index contributed by atoms with van der Waals surface area (Å²) in [5.41, 5.74) is 9.67. The van der Waals surface area contributed by atoms with Crippen molar-refractivity contribution in [2.75, 3.05) is 0 Å². The summed E-state index contributed by atoms with van der Waals surface area (Å²) < 4.78 is 0. The number of benzene rings is 1. The largest absolute Gasteiger partial charge is 0.481 e. The lowest BCUT2D eigenvalue weighted by Crippen LogP contribution is -1.99. The third kappa shape index (κ3) is 1.69. The Bertz CT molecular complexity index is 596. The molecule has 0 radical (unpaired) electrons. The third-order valence-electron chi connectivity index (χ3n) is 2.26. The van der Waals surface area contributed by atoms with Crippen molar-refractivity contribution in [2.45, 2.75) is 6.42 Å². The van der Waals surface area contributed by atoms with Gasteiger partial charge in [-0.15, -0.1) is 0 Å². The number of nitrogens with one attached hydrogen (secondary N) is 1. The SMILES string of the molecule is [N-]=[N+]=Nc1[nH]c2ccccc2c1CC(=O)O. The molecular weight excluding hydrogens is 208 g/mol. The van der Waals surface area contributed by atoms with E-state index >= 15 is 0 Å². The molecule has 6 nitrogen and oxygen atoms in total. The van der Waals surface area contributed by atoms with Crippen molar-refractivity contribution in [3.8, 4) is 0 Å². The van der Waals surface area contributed by atoms with Gasteiger partial charge in [0.1, 0.15) is 5.82 Å². The molecule has 0 aliphatic heterocycles. The first-order valence-corrected chi connectivity index (χ1v) is 4.59. The van der Waals surface area contributed by atoms with E-state index in [1.165, 1.54) is 0 Å². The van der Waals surface area contributed by atoms with Gasteiger partial charge in [-0.2, -0.15) is 0 Å². The van der Waals surface area contributed by atoms with Crippen LogP contribution in [0.15, 0.2) is 29.4 Å². The van der Waals surface area contributed by atoms with Crippen molar-refractivity contribution >= 4 is 22.7 Å². The number of rotatable bonds is 3. The topological polar surface area (TPSA) is 102 Å². The van der Waals surface area contributed by atoms with Crippen LogP contribution in [0.5, 0.6) is 0 Å². The second-order valence-corrected chi connectivity index (χ2v) is 3.26. The number of hydrogen-bond donors (Lipinski definition) is 2. The number of H-pyrrole nitrogens is 1. The highest BCUT2D eigenvalue weighted by Gasteiger charge is 2.12. The van der Waals surface area contributed by atoms with Gasteiger partial charge in [0.05, 0.1) is 6.42 Å². The number of azide groups is 1. The Hall–Kier alpha value is -2.46. The van der Waals surface area contributed by atoms with E-state index < -0.39 is 5.97 Å². The molecule has 2 rings (SSSR count). The van der Waals surface area contributed by atoms with Crippen molar-refractivity contribution in [2.24, 2.45) is 5.11 Å². The van der Waals surface area contributed by atoms with Gasteiger partial charge in [-0.3, -0.25) is 4.79 Å². The highest BCUT2D eigenvalue weighted by molar-refractivity contribution is 5.91. The number of hydrogen-bond acceptors (Lipinski definition) is 2. The van der Waals surface area contributed by atoms with Crippen LogP contribution in [0, 0.1) is 0 Å². The Morgan fingerprint density at radius 1 is 1.50 bits per heavy atom. The van der Waals surface area contributed by atoms with Gasteiger partial charge in [-0.1, -0.05) is 18.2 Å². The Labute approximate surface area is 90.1 Å². The smallest absolute Gasteiger partial charge is 0.307 e. The predicted octanol–water partition coefficient (Wildman–Crippen LogP) is 2.74. The monoisotopic (exact) mass is 216 g/mol. The predicted molar refractivity (Wildman–Crippen MR) is 58.4 cm³/mol. The molecule has 1 aromatic heterocycles. The maximum Gasteiger partial charge on any atom is 0.307 e. The fraction of sp³-hybridized carbons (Fsp3) is 0.100. The molecule has 2 N–H and O–H groups in total. The Balaban J connectivity index is 2.68. The fourth-order valence-corrected chi connectivity index (χ4v) is 1.65. The highest BCUT2D eigenvalue weighted by Crippen LogP contribution is 2.28. The maximum absolute atomic E-state index is 10.7. The number of aromatic amines is 1. The van der Waals surface area contributed by atoms with Gasteiger partial charge in [0.15, 0.2) is 0 Å². The number of fused-ring (bicyclic) bond motifs is 1. The Morgan fingerprint density at radius 2 is 2.25 bits per heavy atom. The molecule has 6 heteroatoms. The van der Waals surface area contributed by atoms with Crippen LogP contribution in [-0.4, -0.2) is 16.1 Å². The summed E-state index contributed by atoms with van der Waals surface area (Å²) >= 11 is 0. The van der Waals surface area contributed by atoms with Crippen molar-refractivity contribution in [1.82, 2.24) is 4.98 Å². The molecule has 0 atom stereocenters. The van der Waals surface area contributed by atoms with Gasteiger partial charge in [0.25, 0.3) is 0 Å². The van der Waals surface area contributed by atoms with E-state index in [4.69, 9.17) is 10.6 Å². The number of carbonyl (C=O) groups is 1. The Kier molecular flexibility index (Phi) is 2.49. The first kappa shape index (κ1) is 10.1. The van der Waals surface area contributed by atoms with Gasteiger partial charge in [0.2, 0.25) is 0 Å². The molecule has 1 aromatic carbocycles. The van der Waals surface area contributed by atoms with Gasteiger partial charge in [-0.05, 0) is 22.3 Å². The molecular formula is C10H8N4O2. The van der Waals surface area contributed by atoms with Crippen LogP contribution in [0.3, 0.4) is 0 Å². The molecule has 80 valence electrons. The number of nitrogens with zero attached hydrogens (tertiary/aromatic N) is 3. The standard InChI is InChI=1S/C10H8N4O2/c11-14-13-10-7(5-9(15)16)6-3-1-2-4-8(6)12-10/h1-4,12H,5H2,(H,15,16). The number of aromatic nitrogens is 1.